The Morgan fingerprint density at radius 3 is 2.33 bits per heavy atom. The van der Waals surface area contributed by atoms with Gasteiger partial charge in [-0.15, -0.1) is 0 Å². The van der Waals surface area contributed by atoms with Crippen molar-refractivity contribution in [1.29, 1.82) is 5.26 Å². The van der Waals surface area contributed by atoms with E-state index >= 15 is 0 Å². The van der Waals surface area contributed by atoms with Crippen molar-refractivity contribution < 1.29 is 4.79 Å². The number of piperidine rings is 1. The molecule has 3 aromatic rings. The van der Waals surface area contributed by atoms with Gasteiger partial charge >= 0.3 is 0 Å². The van der Waals surface area contributed by atoms with E-state index in [1.54, 1.807) is 36.7 Å². The Kier molecular flexibility index (Phi) is 6.00. The van der Waals surface area contributed by atoms with Crippen molar-refractivity contribution in [1.82, 2.24) is 14.9 Å². The Bertz CT molecular complexity index is 1020. The molecular weight excluding hydrogens is 374 g/mol. The number of carbonyl (C=O) groups is 1. The summed E-state index contributed by atoms with van der Waals surface area (Å²) >= 11 is 0. The lowest BCUT2D eigenvalue weighted by Gasteiger charge is -2.32. The number of hydrogen-bond acceptors (Lipinski definition) is 5. The van der Waals surface area contributed by atoms with Crippen LogP contribution in [0.1, 0.15) is 34.3 Å². The third kappa shape index (κ3) is 4.81. The molecule has 6 heteroatoms. The molecule has 150 valence electrons. The number of hydrogen-bond donors (Lipinski definition) is 1. The second kappa shape index (κ2) is 9.19. The number of benzene rings is 2. The summed E-state index contributed by atoms with van der Waals surface area (Å²) in [5.41, 5.74) is 3.24. The second-order valence-electron chi connectivity index (χ2n) is 7.53. The van der Waals surface area contributed by atoms with Crippen LogP contribution < -0.4 is 5.32 Å². The van der Waals surface area contributed by atoms with Crippen molar-refractivity contribution in [3.63, 3.8) is 0 Å². The standard InChI is InChI=1S/C24H23N5O/c25-15-20-6-8-22(9-7-20)28-24-26-16-21(17-27-24)23(30)29-12-10-19(11-13-29)14-18-4-2-1-3-5-18/h1-9,16-17,19H,10-14H2,(H,26,27,28). The molecule has 1 saturated heterocycles. The van der Waals surface area contributed by atoms with Gasteiger partial charge < -0.3 is 10.2 Å². The first-order chi connectivity index (χ1) is 14.7. The lowest BCUT2D eigenvalue weighted by molar-refractivity contribution is 0.0689. The van der Waals surface area contributed by atoms with Crippen molar-refractivity contribution in [2.75, 3.05) is 18.4 Å². The number of rotatable bonds is 5. The first-order valence-corrected chi connectivity index (χ1v) is 10.1. The topological polar surface area (TPSA) is 81.9 Å². The Morgan fingerprint density at radius 1 is 1.03 bits per heavy atom. The molecule has 1 aliphatic rings. The maximum Gasteiger partial charge on any atom is 0.256 e. The van der Waals surface area contributed by atoms with Crippen molar-refractivity contribution >= 4 is 17.5 Å². The van der Waals surface area contributed by atoms with E-state index < -0.39 is 0 Å². The summed E-state index contributed by atoms with van der Waals surface area (Å²) in [5, 5.41) is 11.9. The van der Waals surface area contributed by atoms with Crippen LogP contribution in [-0.2, 0) is 6.42 Å². The van der Waals surface area contributed by atoms with Gasteiger partial charge in [0.25, 0.3) is 5.91 Å². The smallest absolute Gasteiger partial charge is 0.256 e. The molecule has 0 radical (unpaired) electrons. The van der Waals surface area contributed by atoms with E-state index in [9.17, 15) is 4.79 Å². The fourth-order valence-corrected chi connectivity index (χ4v) is 3.73. The molecule has 0 aliphatic carbocycles. The first kappa shape index (κ1) is 19.6. The van der Waals surface area contributed by atoms with Gasteiger partial charge in [-0.2, -0.15) is 5.26 Å². The summed E-state index contributed by atoms with van der Waals surface area (Å²) in [6, 6.07) is 19.6. The normalized spacial score (nSPS) is 14.2. The van der Waals surface area contributed by atoms with Gasteiger partial charge in [0.2, 0.25) is 5.95 Å². The fraction of sp³-hybridized carbons (Fsp3) is 0.250. The zero-order chi connectivity index (χ0) is 20.8. The van der Waals surface area contributed by atoms with Crippen molar-refractivity contribution in [3.8, 4) is 6.07 Å². The highest BCUT2D eigenvalue weighted by Crippen LogP contribution is 2.23. The van der Waals surface area contributed by atoms with Crippen LogP contribution in [0.25, 0.3) is 0 Å². The molecule has 0 bridgehead atoms. The monoisotopic (exact) mass is 397 g/mol. The minimum Gasteiger partial charge on any atom is -0.339 e. The average molecular weight is 397 g/mol. The number of carbonyl (C=O) groups excluding carboxylic acids is 1. The van der Waals surface area contributed by atoms with Crippen molar-refractivity contribution in [2.24, 2.45) is 5.92 Å². The molecular formula is C24H23N5O. The number of nitrogens with one attached hydrogen (secondary N) is 1. The zero-order valence-electron chi connectivity index (χ0n) is 16.7. The predicted molar refractivity (Wildman–Crippen MR) is 115 cm³/mol. The molecule has 4 rings (SSSR count). The maximum absolute atomic E-state index is 12.8. The number of amides is 1. The average Bonchev–Trinajstić information content (AvgIpc) is 2.81. The zero-order valence-corrected chi connectivity index (χ0v) is 16.7. The molecule has 2 heterocycles. The minimum atomic E-state index is -0.0157. The van der Waals surface area contributed by atoms with E-state index in [1.807, 2.05) is 11.0 Å². The summed E-state index contributed by atoms with van der Waals surface area (Å²) in [6.45, 7) is 1.53. The molecule has 6 nitrogen and oxygen atoms in total. The third-order valence-electron chi connectivity index (χ3n) is 5.44. The summed E-state index contributed by atoms with van der Waals surface area (Å²) in [5.74, 6) is 1.02. The van der Waals surface area contributed by atoms with Gasteiger partial charge in [-0.3, -0.25) is 4.79 Å². The van der Waals surface area contributed by atoms with Gasteiger partial charge in [-0.05, 0) is 55.0 Å². The molecule has 1 amide bonds. The molecule has 0 saturated carbocycles. The molecule has 0 spiro atoms. The molecule has 30 heavy (non-hydrogen) atoms. The third-order valence-corrected chi connectivity index (χ3v) is 5.44. The molecule has 0 atom stereocenters. The van der Waals surface area contributed by atoms with Gasteiger partial charge in [0.1, 0.15) is 0 Å². The SMILES string of the molecule is N#Cc1ccc(Nc2ncc(C(=O)N3CCC(Cc4ccccc4)CC3)cn2)cc1. The number of nitrogens with zero attached hydrogens (tertiary/aromatic N) is 4. The van der Waals surface area contributed by atoms with Gasteiger partial charge in [-0.25, -0.2) is 9.97 Å². The number of aromatic nitrogens is 2. The summed E-state index contributed by atoms with van der Waals surface area (Å²) in [6.07, 6.45) is 6.23. The molecule has 0 unspecified atom stereocenters. The maximum atomic E-state index is 12.8. The lowest BCUT2D eigenvalue weighted by atomic mass is 9.90. The van der Waals surface area contributed by atoms with Crippen LogP contribution in [0, 0.1) is 17.2 Å². The second-order valence-corrected chi connectivity index (χ2v) is 7.53. The fourth-order valence-electron chi connectivity index (χ4n) is 3.73. The van der Waals surface area contributed by atoms with E-state index in [2.05, 4.69) is 45.6 Å². The molecule has 1 N–H and O–H groups in total. The van der Waals surface area contributed by atoms with Gasteiger partial charge in [0, 0.05) is 31.2 Å². The van der Waals surface area contributed by atoms with Gasteiger partial charge in [0.05, 0.1) is 17.2 Å². The highest BCUT2D eigenvalue weighted by atomic mass is 16.2. The summed E-state index contributed by atoms with van der Waals surface area (Å²) in [7, 11) is 0. The van der Waals surface area contributed by atoms with Gasteiger partial charge in [-0.1, -0.05) is 30.3 Å². The van der Waals surface area contributed by atoms with Crippen molar-refractivity contribution in [2.45, 2.75) is 19.3 Å². The van der Waals surface area contributed by atoms with E-state index in [0.717, 1.165) is 38.0 Å². The number of anilines is 2. The van der Waals surface area contributed by atoms with E-state index in [1.165, 1.54) is 5.56 Å². The summed E-state index contributed by atoms with van der Waals surface area (Å²) < 4.78 is 0. The quantitative estimate of drug-likeness (QED) is 0.698. The Hall–Kier alpha value is -3.72. The Labute approximate surface area is 176 Å². The molecule has 1 aromatic heterocycles. The molecule has 1 fully saturated rings. The lowest BCUT2D eigenvalue weighted by Crippen LogP contribution is -2.39. The number of nitriles is 1. The van der Waals surface area contributed by atoms with Crippen LogP contribution in [0.5, 0.6) is 0 Å². The molecule has 2 aromatic carbocycles. The molecule has 1 aliphatic heterocycles. The minimum absolute atomic E-state index is 0.0157. The first-order valence-electron chi connectivity index (χ1n) is 10.1. The van der Waals surface area contributed by atoms with E-state index in [-0.39, 0.29) is 5.91 Å². The predicted octanol–water partition coefficient (Wildman–Crippen LogP) is 4.19. The van der Waals surface area contributed by atoms with Crippen LogP contribution in [0.4, 0.5) is 11.6 Å². The largest absolute Gasteiger partial charge is 0.339 e. The van der Waals surface area contributed by atoms with Crippen LogP contribution in [0.15, 0.2) is 67.0 Å². The van der Waals surface area contributed by atoms with Crippen LogP contribution in [0.2, 0.25) is 0 Å². The highest BCUT2D eigenvalue weighted by molar-refractivity contribution is 5.93. The van der Waals surface area contributed by atoms with Gasteiger partial charge in [0.15, 0.2) is 0 Å². The van der Waals surface area contributed by atoms with Crippen LogP contribution in [-0.4, -0.2) is 33.9 Å². The van der Waals surface area contributed by atoms with Crippen LogP contribution >= 0.6 is 0 Å². The summed E-state index contributed by atoms with van der Waals surface area (Å²) in [4.78, 5) is 23.2. The Balaban J connectivity index is 1.31. The Morgan fingerprint density at radius 2 is 1.70 bits per heavy atom. The van der Waals surface area contributed by atoms with E-state index in [0.29, 0.717) is 23.0 Å². The van der Waals surface area contributed by atoms with E-state index in [4.69, 9.17) is 5.26 Å². The number of likely N-dealkylation sites (tertiary alicyclic amines) is 1. The van der Waals surface area contributed by atoms with Crippen molar-refractivity contribution in [3.05, 3.63) is 83.7 Å². The van der Waals surface area contributed by atoms with Crippen LogP contribution in [0.3, 0.4) is 0 Å². The highest BCUT2D eigenvalue weighted by Gasteiger charge is 2.24.